The minimum Gasteiger partial charge on any atom is -0.356 e. The maximum Gasteiger partial charge on any atom is 0.316 e. The summed E-state index contributed by atoms with van der Waals surface area (Å²) in [5.74, 6) is -0.0908. The largest absolute Gasteiger partial charge is 0.356 e. The molecule has 7 heteroatoms. The summed E-state index contributed by atoms with van der Waals surface area (Å²) in [6.07, 6.45) is 0.945. The Morgan fingerprint density at radius 1 is 1.04 bits per heavy atom. The van der Waals surface area contributed by atoms with Crippen molar-refractivity contribution in [1.29, 1.82) is 0 Å². The van der Waals surface area contributed by atoms with Gasteiger partial charge in [0.1, 0.15) is 0 Å². The highest BCUT2D eigenvalue weighted by Gasteiger charge is 2.20. The van der Waals surface area contributed by atoms with Gasteiger partial charge in [-0.05, 0) is 24.1 Å². The van der Waals surface area contributed by atoms with E-state index in [1.165, 1.54) is 0 Å². The molecule has 0 aliphatic rings. The molecule has 1 aromatic carbocycles. The van der Waals surface area contributed by atoms with Gasteiger partial charge in [-0.1, -0.05) is 32.9 Å². The zero-order chi connectivity index (χ0) is 18.2. The van der Waals surface area contributed by atoms with Crippen molar-refractivity contribution in [2.24, 2.45) is 11.1 Å². The molecule has 0 saturated heterocycles. The fourth-order valence-electron chi connectivity index (χ4n) is 1.85. The Labute approximate surface area is 142 Å². The Bertz CT molecular complexity index is 576. The number of hydrogen-bond donors (Lipinski definition) is 4. The first kappa shape index (κ1) is 19.5. The first-order valence-electron chi connectivity index (χ1n) is 7.89. The Morgan fingerprint density at radius 3 is 2.21 bits per heavy atom. The summed E-state index contributed by atoms with van der Waals surface area (Å²) in [5, 5.41) is 8.09. The molecule has 0 fully saturated rings. The average molecular weight is 334 g/mol. The van der Waals surface area contributed by atoms with Crippen molar-refractivity contribution in [3.63, 3.8) is 0 Å². The van der Waals surface area contributed by atoms with E-state index in [-0.39, 0.29) is 11.8 Å². The molecule has 1 rings (SSSR count). The van der Waals surface area contributed by atoms with Crippen LogP contribution in [0, 0.1) is 5.41 Å². The van der Waals surface area contributed by atoms with Gasteiger partial charge in [-0.15, -0.1) is 0 Å². The van der Waals surface area contributed by atoms with Gasteiger partial charge in [0.2, 0.25) is 11.8 Å². The lowest BCUT2D eigenvalue weighted by molar-refractivity contribution is -0.128. The Hall–Kier alpha value is -2.57. The molecule has 0 atom stereocenters. The third-order valence-corrected chi connectivity index (χ3v) is 3.26. The van der Waals surface area contributed by atoms with E-state index >= 15 is 0 Å². The lowest BCUT2D eigenvalue weighted by Gasteiger charge is -2.17. The summed E-state index contributed by atoms with van der Waals surface area (Å²) in [6.45, 7) is 6.43. The van der Waals surface area contributed by atoms with Gasteiger partial charge in [-0.2, -0.15) is 0 Å². The number of carbonyl (C=O) groups is 3. The highest BCUT2D eigenvalue weighted by molar-refractivity contribution is 5.87. The molecule has 0 heterocycles. The second-order valence-corrected chi connectivity index (χ2v) is 6.57. The number of rotatable bonds is 7. The zero-order valence-electron chi connectivity index (χ0n) is 14.4. The average Bonchev–Trinajstić information content (AvgIpc) is 2.49. The monoisotopic (exact) mass is 334 g/mol. The summed E-state index contributed by atoms with van der Waals surface area (Å²) in [5.41, 5.74) is 6.13. The third-order valence-electron chi connectivity index (χ3n) is 3.26. The first-order valence-corrected chi connectivity index (χ1v) is 7.89. The highest BCUT2D eigenvalue weighted by atomic mass is 16.2. The number of hydrogen-bond acceptors (Lipinski definition) is 3. The zero-order valence-corrected chi connectivity index (χ0v) is 14.4. The smallest absolute Gasteiger partial charge is 0.316 e. The van der Waals surface area contributed by atoms with Crippen molar-refractivity contribution >= 4 is 23.5 Å². The minimum absolute atomic E-state index is 0.0208. The van der Waals surface area contributed by atoms with E-state index in [1.807, 2.05) is 20.8 Å². The van der Waals surface area contributed by atoms with Crippen LogP contribution in [0.5, 0.6) is 0 Å². The topological polar surface area (TPSA) is 113 Å². The fourth-order valence-corrected chi connectivity index (χ4v) is 1.85. The summed E-state index contributed by atoms with van der Waals surface area (Å²) in [4.78, 5) is 34.2. The fraction of sp³-hybridized carbons (Fsp3) is 0.471. The molecule has 0 saturated carbocycles. The molecule has 0 spiro atoms. The van der Waals surface area contributed by atoms with Crippen LogP contribution in [0.15, 0.2) is 24.3 Å². The van der Waals surface area contributed by atoms with Crippen molar-refractivity contribution in [2.75, 3.05) is 11.9 Å². The van der Waals surface area contributed by atoms with Crippen LogP contribution in [0.3, 0.4) is 0 Å². The first-order chi connectivity index (χ1) is 11.2. The lowest BCUT2D eigenvalue weighted by atomic mass is 9.96. The SMILES string of the molecule is CC(C)(C)C(=O)NCCCC(=O)NCc1ccc(NC(N)=O)cc1. The number of amides is 4. The summed E-state index contributed by atoms with van der Waals surface area (Å²) in [6, 6.07) is 6.42. The van der Waals surface area contributed by atoms with E-state index in [1.54, 1.807) is 24.3 Å². The predicted octanol–water partition coefficient (Wildman–Crippen LogP) is 1.74. The van der Waals surface area contributed by atoms with Crippen LogP contribution < -0.4 is 21.7 Å². The van der Waals surface area contributed by atoms with Crippen LogP contribution in [-0.4, -0.2) is 24.4 Å². The predicted molar refractivity (Wildman–Crippen MR) is 93.2 cm³/mol. The van der Waals surface area contributed by atoms with E-state index < -0.39 is 11.4 Å². The standard InChI is InChI=1S/C17H26N4O3/c1-17(2,3)15(23)19-10-4-5-14(22)20-11-12-6-8-13(9-7-12)21-16(18)24/h6-9H,4-5,10-11H2,1-3H3,(H,19,23)(H,20,22)(H3,18,21,24). The van der Waals surface area contributed by atoms with Gasteiger partial charge in [-0.3, -0.25) is 9.59 Å². The quantitative estimate of drug-likeness (QED) is 0.569. The van der Waals surface area contributed by atoms with Crippen LogP contribution in [0.25, 0.3) is 0 Å². The second kappa shape index (κ2) is 8.90. The number of nitrogens with two attached hydrogens (primary N) is 1. The molecule has 0 bridgehead atoms. The van der Waals surface area contributed by atoms with Gasteiger partial charge in [0.15, 0.2) is 0 Å². The normalized spacial score (nSPS) is 10.8. The van der Waals surface area contributed by atoms with Crippen LogP contribution in [0.1, 0.15) is 39.2 Å². The minimum atomic E-state index is -0.616. The molecule has 7 nitrogen and oxygen atoms in total. The van der Waals surface area contributed by atoms with Crippen LogP contribution in [0.2, 0.25) is 0 Å². The Kier molecular flexibility index (Phi) is 7.23. The van der Waals surface area contributed by atoms with Crippen molar-refractivity contribution in [1.82, 2.24) is 10.6 Å². The number of carbonyl (C=O) groups excluding carboxylic acids is 3. The van der Waals surface area contributed by atoms with Gasteiger partial charge < -0.3 is 21.7 Å². The highest BCUT2D eigenvalue weighted by Crippen LogP contribution is 2.12. The number of anilines is 1. The van der Waals surface area contributed by atoms with Crippen molar-refractivity contribution in [2.45, 2.75) is 40.2 Å². The molecule has 0 aliphatic carbocycles. The van der Waals surface area contributed by atoms with Crippen LogP contribution in [0.4, 0.5) is 10.5 Å². The van der Waals surface area contributed by atoms with Crippen LogP contribution >= 0.6 is 0 Å². The van der Waals surface area contributed by atoms with Gasteiger partial charge in [0.25, 0.3) is 0 Å². The maximum atomic E-state index is 11.8. The van der Waals surface area contributed by atoms with E-state index in [4.69, 9.17) is 5.73 Å². The number of primary amides is 1. The Morgan fingerprint density at radius 2 is 1.67 bits per heavy atom. The molecule has 0 radical (unpaired) electrons. The number of urea groups is 1. The molecule has 0 aromatic heterocycles. The summed E-state index contributed by atoms with van der Waals surface area (Å²) >= 11 is 0. The molecule has 0 aliphatic heterocycles. The summed E-state index contributed by atoms with van der Waals surface area (Å²) in [7, 11) is 0. The van der Waals surface area contributed by atoms with E-state index in [0.29, 0.717) is 31.6 Å². The molecule has 132 valence electrons. The molecular weight excluding hydrogens is 308 g/mol. The van der Waals surface area contributed by atoms with E-state index in [9.17, 15) is 14.4 Å². The van der Waals surface area contributed by atoms with Crippen LogP contribution in [-0.2, 0) is 16.1 Å². The lowest BCUT2D eigenvalue weighted by Crippen LogP contribution is -2.35. The van der Waals surface area contributed by atoms with Gasteiger partial charge in [0.05, 0.1) is 0 Å². The number of benzene rings is 1. The second-order valence-electron chi connectivity index (χ2n) is 6.57. The molecular formula is C17H26N4O3. The van der Waals surface area contributed by atoms with Crippen molar-refractivity contribution in [3.8, 4) is 0 Å². The van der Waals surface area contributed by atoms with Gasteiger partial charge >= 0.3 is 6.03 Å². The molecule has 1 aromatic rings. The maximum absolute atomic E-state index is 11.8. The molecule has 4 amide bonds. The third kappa shape index (κ3) is 7.62. The van der Waals surface area contributed by atoms with E-state index in [0.717, 1.165) is 5.56 Å². The van der Waals surface area contributed by atoms with Gasteiger partial charge in [0, 0.05) is 30.6 Å². The molecule has 0 unspecified atom stereocenters. The molecule has 24 heavy (non-hydrogen) atoms. The number of nitrogens with one attached hydrogen (secondary N) is 3. The van der Waals surface area contributed by atoms with E-state index in [2.05, 4.69) is 16.0 Å². The molecule has 5 N–H and O–H groups in total. The van der Waals surface area contributed by atoms with Crippen molar-refractivity contribution < 1.29 is 14.4 Å². The summed E-state index contributed by atoms with van der Waals surface area (Å²) < 4.78 is 0. The van der Waals surface area contributed by atoms with Crippen molar-refractivity contribution in [3.05, 3.63) is 29.8 Å². The Balaban J connectivity index is 2.24. The van der Waals surface area contributed by atoms with Gasteiger partial charge in [-0.25, -0.2) is 4.79 Å².